The van der Waals surface area contributed by atoms with E-state index in [4.69, 9.17) is 53.2 Å². The molecule has 0 saturated heterocycles. The van der Waals surface area contributed by atoms with Crippen molar-refractivity contribution in [2.45, 2.75) is 14.7 Å². The van der Waals surface area contributed by atoms with Gasteiger partial charge >= 0.3 is 35.0 Å². The van der Waals surface area contributed by atoms with E-state index in [1.165, 1.54) is 18.2 Å². The molecule has 161 valence electrons. The third-order valence-corrected chi connectivity index (χ3v) is 4.42. The maximum atomic E-state index is 10.4. The molecule has 3 N–H and O–H groups in total. The summed E-state index contributed by atoms with van der Waals surface area (Å²) in [5, 5.41) is 25.5. The van der Waals surface area contributed by atoms with Gasteiger partial charge in [0.25, 0.3) is 0 Å². The van der Waals surface area contributed by atoms with Crippen molar-refractivity contribution in [1.82, 2.24) is 0 Å². The molecule has 0 fully saturated rings. The fraction of sp³-hybridized carbons (Fsp3) is 0. The first-order valence-corrected chi connectivity index (χ1v) is 9.35. The zero-order valence-corrected chi connectivity index (χ0v) is 19.1. The van der Waals surface area contributed by atoms with Gasteiger partial charge in [0, 0.05) is 16.7 Å². The van der Waals surface area contributed by atoms with Crippen LogP contribution in [0.25, 0.3) is 0 Å². The first kappa shape index (κ1) is 28.2. The molecule has 0 heterocycles. The molecule has 0 aromatic heterocycles. The minimum Gasteiger partial charge on any atom is -0.779 e. The molecule has 0 aliphatic heterocycles. The Morgan fingerprint density at radius 1 is 0.484 bits per heavy atom. The van der Waals surface area contributed by atoms with Crippen molar-refractivity contribution in [2.75, 3.05) is 0 Å². The fourth-order valence-corrected chi connectivity index (χ4v) is 2.63. The Morgan fingerprint density at radius 2 is 0.677 bits per heavy atom. The van der Waals surface area contributed by atoms with Crippen LogP contribution in [0.1, 0.15) is 31.1 Å². The van der Waals surface area contributed by atoms with Crippen LogP contribution < -0.4 is 0 Å². The van der Waals surface area contributed by atoms with Crippen LogP contribution in [-0.4, -0.2) is 33.2 Å². The van der Waals surface area contributed by atoms with Crippen molar-refractivity contribution in [3.63, 3.8) is 0 Å². The van der Waals surface area contributed by atoms with Crippen LogP contribution in [-0.2, 0) is 55.0 Å². The van der Waals surface area contributed by atoms with Crippen LogP contribution in [0, 0.1) is 0 Å². The number of carbonyl (C=O) groups is 3. The molecule has 0 unspecified atom stereocenters. The molecule has 3 rings (SSSR count). The van der Waals surface area contributed by atoms with Crippen molar-refractivity contribution in [3.05, 3.63) is 89.5 Å². The molecule has 6 nitrogen and oxygen atoms in total. The second-order valence-electron chi connectivity index (χ2n) is 5.40. The average Bonchev–Trinajstić information content (AvgIpc) is 2.69. The van der Waals surface area contributed by atoms with Gasteiger partial charge in [-0.1, -0.05) is 54.6 Å². The van der Waals surface area contributed by atoms with Crippen molar-refractivity contribution in [1.29, 1.82) is 0 Å². The first-order valence-electron chi connectivity index (χ1n) is 8.13. The average molecular weight is 515 g/mol. The van der Waals surface area contributed by atoms with E-state index in [-0.39, 0.29) is 33.8 Å². The van der Waals surface area contributed by atoms with Crippen LogP contribution in [0.5, 0.6) is 0 Å². The molecule has 0 atom stereocenters. The number of rotatable bonds is 3. The van der Waals surface area contributed by atoms with Gasteiger partial charge in [0.1, 0.15) is 0 Å². The van der Waals surface area contributed by atoms with Gasteiger partial charge in [0.15, 0.2) is 0 Å². The molecule has 0 saturated carbocycles. The predicted molar refractivity (Wildman–Crippen MR) is 117 cm³/mol. The Hall–Kier alpha value is -2.75. The minimum atomic E-state index is -0.967. The third kappa shape index (κ3) is 9.73. The predicted octanol–water partition coefficient (Wildman–Crippen LogP) is 3.87. The summed E-state index contributed by atoms with van der Waals surface area (Å²) in [5.74, 6) is -2.90. The molecule has 10 heteroatoms. The first-order chi connectivity index (χ1) is 14.1. The molecule has 3 aromatic rings. The maximum absolute atomic E-state index is 10.4. The van der Waals surface area contributed by atoms with Crippen molar-refractivity contribution in [3.8, 4) is 0 Å². The zero-order valence-electron chi connectivity index (χ0n) is 15.6. The van der Waals surface area contributed by atoms with E-state index in [1.54, 1.807) is 54.6 Å². The maximum Gasteiger partial charge on any atom is 3.00 e. The summed E-state index contributed by atoms with van der Waals surface area (Å²) in [7, 11) is 0. The molecular weight excluding hydrogens is 500 g/mol. The number of aromatic carboxylic acids is 3. The van der Waals surface area contributed by atoms with Crippen LogP contribution in [0.15, 0.2) is 87.5 Å². The van der Waals surface area contributed by atoms with Gasteiger partial charge in [-0.05, 0) is 18.2 Å². The second kappa shape index (κ2) is 14.3. The van der Waals surface area contributed by atoms with E-state index in [2.05, 4.69) is 0 Å². The van der Waals surface area contributed by atoms with E-state index in [0.29, 0.717) is 14.7 Å². The number of hydrogen-bond donors (Lipinski definition) is 3. The quantitative estimate of drug-likeness (QED) is 0.354. The number of carboxylic acid groups (broad SMARTS) is 3. The Morgan fingerprint density at radius 3 is 0.806 bits per heavy atom. The molecule has 0 bridgehead atoms. The largest absolute Gasteiger partial charge is 3.00 e. The van der Waals surface area contributed by atoms with E-state index in [9.17, 15) is 14.4 Å². The molecule has 3 aromatic carbocycles. The molecule has 1 radical (unpaired) electrons. The Balaban J connectivity index is 0.000000429. The molecule has 0 amide bonds. The summed E-state index contributed by atoms with van der Waals surface area (Å²) >= 11 is 14.2. The third-order valence-electron chi connectivity index (χ3n) is 3.35. The van der Waals surface area contributed by atoms with Gasteiger partial charge in [-0.25, -0.2) is 14.4 Å². The van der Waals surface area contributed by atoms with E-state index in [0.717, 1.165) is 0 Å². The van der Waals surface area contributed by atoms with Gasteiger partial charge in [-0.2, -0.15) is 14.7 Å². The number of hydrogen-bond acceptors (Lipinski definition) is 6. The smallest absolute Gasteiger partial charge is 0.779 e. The van der Waals surface area contributed by atoms with Crippen LogP contribution in [0.4, 0.5) is 0 Å². The second-order valence-corrected chi connectivity index (χ2v) is 6.72. The van der Waals surface area contributed by atoms with E-state index < -0.39 is 17.9 Å². The van der Waals surface area contributed by atoms with E-state index >= 15 is 0 Å². The molecule has 0 aliphatic carbocycles. The summed E-state index contributed by atoms with van der Waals surface area (Å²) in [6.07, 6.45) is 0. The van der Waals surface area contributed by atoms with E-state index in [1.807, 2.05) is 0 Å². The summed E-state index contributed by atoms with van der Waals surface area (Å²) in [6.45, 7) is 0. The van der Waals surface area contributed by atoms with Gasteiger partial charge in [-0.3, -0.25) is 0 Å². The van der Waals surface area contributed by atoms with Crippen LogP contribution in [0.3, 0.4) is 0 Å². The normalized spacial score (nSPS) is 8.90. The van der Waals surface area contributed by atoms with Gasteiger partial charge in [0.2, 0.25) is 0 Å². The summed E-state index contributed by atoms with van der Waals surface area (Å²) in [6, 6.07) is 19.4. The monoisotopic (exact) mass is 515 g/mol. The van der Waals surface area contributed by atoms with Crippen LogP contribution >= 0.6 is 0 Å². The Labute approximate surface area is 206 Å². The van der Waals surface area contributed by atoms with Crippen molar-refractivity contribution < 1.29 is 46.8 Å². The standard InChI is InChI=1S/3C7H6O2S.Fe/c3*8-7(9)5-3-1-2-4-6(5)10;/h3*1-4,10H,(H,8,9);/q;;;+3/p-3. The van der Waals surface area contributed by atoms with Gasteiger partial charge < -0.3 is 53.2 Å². The van der Waals surface area contributed by atoms with Crippen molar-refractivity contribution in [2.24, 2.45) is 0 Å². The molecule has 31 heavy (non-hydrogen) atoms. The Bertz CT molecular complexity index is 911. The minimum absolute atomic E-state index is 0. The van der Waals surface area contributed by atoms with Gasteiger partial charge in [-0.15, -0.1) is 0 Å². The van der Waals surface area contributed by atoms with Crippen LogP contribution in [0.2, 0.25) is 0 Å². The summed E-state index contributed by atoms with van der Waals surface area (Å²) < 4.78 is 0. The Kier molecular flexibility index (Phi) is 13.0. The molecule has 0 spiro atoms. The topological polar surface area (TPSA) is 112 Å². The van der Waals surface area contributed by atoms with Crippen molar-refractivity contribution >= 4 is 55.8 Å². The number of carboxylic acids is 3. The van der Waals surface area contributed by atoms with Gasteiger partial charge in [0.05, 0.1) is 0 Å². The summed E-state index contributed by atoms with van der Waals surface area (Å²) in [5.41, 5.74) is 0.576. The molecule has 0 aliphatic rings. The number of benzene rings is 3. The fourth-order valence-electron chi connectivity index (χ4n) is 1.93. The summed E-state index contributed by atoms with van der Waals surface area (Å²) in [4.78, 5) is 32.2. The zero-order chi connectivity index (χ0) is 22.7. The molecular formula is C21H15FeO6S3. The SMILES string of the molecule is O=C(O)c1ccccc1[S-].O=C(O)c1ccccc1[S-].O=C(O)c1ccccc1[S-].[Fe+3].